The van der Waals surface area contributed by atoms with Crippen LogP contribution in [-0.2, 0) is 9.59 Å². The summed E-state index contributed by atoms with van der Waals surface area (Å²) in [6, 6.07) is 1.39. The molecule has 2 aliphatic rings. The number of piperidine rings is 1. The van der Waals surface area contributed by atoms with Crippen LogP contribution in [0.1, 0.15) is 25.7 Å². The van der Waals surface area contributed by atoms with Gasteiger partial charge in [0.2, 0.25) is 17.7 Å². The molecule has 0 aromatic carbocycles. The van der Waals surface area contributed by atoms with Crippen LogP contribution >= 0.6 is 0 Å². The van der Waals surface area contributed by atoms with Gasteiger partial charge in [-0.3, -0.25) is 9.59 Å². The summed E-state index contributed by atoms with van der Waals surface area (Å²) in [5.41, 5.74) is 0. The molecule has 1 unspecified atom stereocenters. The predicted molar refractivity (Wildman–Crippen MR) is 73.4 cm³/mol. The van der Waals surface area contributed by atoms with Crippen LogP contribution in [0.3, 0.4) is 0 Å². The van der Waals surface area contributed by atoms with Crippen LogP contribution in [0.2, 0.25) is 0 Å². The highest BCUT2D eigenvalue weighted by Gasteiger charge is 2.33. The number of carbonyl (C=O) groups excluding carboxylic acids is 2. The van der Waals surface area contributed by atoms with Crippen molar-refractivity contribution in [2.24, 2.45) is 0 Å². The summed E-state index contributed by atoms with van der Waals surface area (Å²) in [6.45, 7) is 1.31. The first-order valence-corrected chi connectivity index (χ1v) is 7.23. The Hall–Kier alpha value is -2.18. The number of aromatic nitrogens is 2. The standard InChI is InChI=1S/C14H18N4O3/c19-12-2-1-11(17-12)14(20)18-7-4-10(5-8-18)21-13-3-6-15-9-16-13/h3,6,9-11H,1-2,4-5,7-8H2,(H,17,19). The number of rotatable bonds is 3. The van der Waals surface area contributed by atoms with Crippen LogP contribution in [0, 0.1) is 0 Å². The average Bonchev–Trinajstić information content (AvgIpc) is 2.95. The molecule has 0 spiro atoms. The second kappa shape index (κ2) is 6.07. The number of ether oxygens (including phenoxy) is 1. The molecule has 2 amide bonds. The van der Waals surface area contributed by atoms with Crippen LogP contribution in [0.15, 0.2) is 18.6 Å². The first kappa shape index (κ1) is 13.8. The van der Waals surface area contributed by atoms with E-state index in [4.69, 9.17) is 4.74 Å². The maximum atomic E-state index is 12.3. The molecule has 112 valence electrons. The number of carbonyl (C=O) groups is 2. The predicted octanol–water partition coefficient (Wildman–Crippen LogP) is 0.125. The highest BCUT2D eigenvalue weighted by Crippen LogP contribution is 2.18. The molecule has 2 saturated heterocycles. The van der Waals surface area contributed by atoms with Crippen molar-refractivity contribution in [3.8, 4) is 5.88 Å². The minimum Gasteiger partial charge on any atom is -0.474 e. The van der Waals surface area contributed by atoms with Gasteiger partial charge in [-0.15, -0.1) is 0 Å². The number of amides is 2. The number of hydrogen-bond donors (Lipinski definition) is 1. The number of hydrogen-bond acceptors (Lipinski definition) is 5. The molecule has 1 N–H and O–H groups in total. The molecule has 1 atom stereocenters. The lowest BCUT2D eigenvalue weighted by Crippen LogP contribution is -2.49. The lowest BCUT2D eigenvalue weighted by molar-refractivity contribution is -0.136. The Morgan fingerprint density at radius 3 is 2.76 bits per heavy atom. The molecule has 3 heterocycles. The summed E-state index contributed by atoms with van der Waals surface area (Å²) >= 11 is 0. The van der Waals surface area contributed by atoms with Crippen molar-refractivity contribution in [3.05, 3.63) is 18.6 Å². The van der Waals surface area contributed by atoms with Gasteiger partial charge in [-0.1, -0.05) is 0 Å². The fourth-order valence-electron chi connectivity index (χ4n) is 2.73. The van der Waals surface area contributed by atoms with Gasteiger partial charge in [0.05, 0.1) is 0 Å². The van der Waals surface area contributed by atoms with Crippen molar-refractivity contribution in [2.45, 2.75) is 37.8 Å². The Labute approximate surface area is 122 Å². The Bertz CT molecular complexity index is 514. The van der Waals surface area contributed by atoms with E-state index in [1.54, 1.807) is 12.3 Å². The zero-order chi connectivity index (χ0) is 14.7. The topological polar surface area (TPSA) is 84.4 Å². The monoisotopic (exact) mass is 290 g/mol. The van der Waals surface area contributed by atoms with E-state index in [2.05, 4.69) is 15.3 Å². The van der Waals surface area contributed by atoms with Gasteiger partial charge in [-0.25, -0.2) is 9.97 Å². The normalized spacial score (nSPS) is 23.0. The summed E-state index contributed by atoms with van der Waals surface area (Å²) < 4.78 is 5.77. The fraction of sp³-hybridized carbons (Fsp3) is 0.571. The SMILES string of the molecule is O=C1CCC(C(=O)N2CCC(Oc3ccncn3)CC2)N1. The minimum absolute atomic E-state index is 0.0290. The number of nitrogens with zero attached hydrogens (tertiary/aromatic N) is 3. The van der Waals surface area contributed by atoms with Gasteiger partial charge in [-0.05, 0) is 6.42 Å². The van der Waals surface area contributed by atoms with E-state index < -0.39 is 0 Å². The summed E-state index contributed by atoms with van der Waals surface area (Å²) in [5, 5.41) is 2.72. The van der Waals surface area contributed by atoms with E-state index in [1.807, 2.05) is 4.90 Å². The second-order valence-electron chi connectivity index (χ2n) is 5.35. The molecular formula is C14H18N4O3. The van der Waals surface area contributed by atoms with Crippen molar-refractivity contribution in [3.63, 3.8) is 0 Å². The van der Waals surface area contributed by atoms with Gasteiger partial charge in [-0.2, -0.15) is 0 Å². The minimum atomic E-state index is -0.336. The number of nitrogens with one attached hydrogen (secondary N) is 1. The van der Waals surface area contributed by atoms with Gasteiger partial charge in [0.1, 0.15) is 18.5 Å². The van der Waals surface area contributed by atoms with Gasteiger partial charge < -0.3 is 15.0 Å². The van der Waals surface area contributed by atoms with Crippen LogP contribution in [-0.4, -0.2) is 51.9 Å². The maximum absolute atomic E-state index is 12.3. The van der Waals surface area contributed by atoms with E-state index in [0.29, 0.717) is 31.8 Å². The molecule has 7 nitrogen and oxygen atoms in total. The van der Waals surface area contributed by atoms with Crippen LogP contribution < -0.4 is 10.1 Å². The van der Waals surface area contributed by atoms with Crippen molar-refractivity contribution in [1.82, 2.24) is 20.2 Å². The summed E-state index contributed by atoms with van der Waals surface area (Å²) in [5.74, 6) is 0.564. The molecule has 0 bridgehead atoms. The van der Waals surface area contributed by atoms with E-state index in [1.165, 1.54) is 6.33 Å². The van der Waals surface area contributed by atoms with Crippen LogP contribution in [0.5, 0.6) is 5.88 Å². The molecule has 1 aromatic rings. The molecule has 21 heavy (non-hydrogen) atoms. The Kier molecular flexibility index (Phi) is 3.98. The smallest absolute Gasteiger partial charge is 0.245 e. The molecule has 7 heteroatoms. The molecular weight excluding hydrogens is 272 g/mol. The molecule has 0 saturated carbocycles. The highest BCUT2D eigenvalue weighted by atomic mass is 16.5. The first-order chi connectivity index (χ1) is 10.2. The van der Waals surface area contributed by atoms with Gasteiger partial charge in [0.25, 0.3) is 0 Å². The summed E-state index contributed by atoms with van der Waals surface area (Å²) in [4.78, 5) is 33.1. The zero-order valence-electron chi connectivity index (χ0n) is 11.7. The van der Waals surface area contributed by atoms with Crippen molar-refractivity contribution >= 4 is 11.8 Å². The number of likely N-dealkylation sites (tertiary alicyclic amines) is 1. The molecule has 3 rings (SSSR count). The molecule has 1 aromatic heterocycles. The maximum Gasteiger partial charge on any atom is 0.245 e. The molecule has 0 aliphatic carbocycles. The van der Waals surface area contributed by atoms with Gasteiger partial charge in [0.15, 0.2) is 0 Å². The third kappa shape index (κ3) is 3.29. The summed E-state index contributed by atoms with van der Waals surface area (Å²) in [6.07, 6.45) is 5.77. The molecule has 2 fully saturated rings. The fourth-order valence-corrected chi connectivity index (χ4v) is 2.73. The largest absolute Gasteiger partial charge is 0.474 e. The first-order valence-electron chi connectivity index (χ1n) is 7.23. The van der Waals surface area contributed by atoms with E-state index in [0.717, 1.165) is 12.8 Å². The van der Waals surface area contributed by atoms with E-state index in [9.17, 15) is 9.59 Å². The Morgan fingerprint density at radius 1 is 1.33 bits per heavy atom. The van der Waals surface area contributed by atoms with Crippen molar-refractivity contribution in [2.75, 3.05) is 13.1 Å². The zero-order valence-corrected chi connectivity index (χ0v) is 11.7. The molecule has 2 aliphatic heterocycles. The van der Waals surface area contributed by atoms with Crippen LogP contribution in [0.25, 0.3) is 0 Å². The lowest BCUT2D eigenvalue weighted by Gasteiger charge is -2.33. The van der Waals surface area contributed by atoms with Crippen LogP contribution in [0.4, 0.5) is 0 Å². The molecule has 0 radical (unpaired) electrons. The van der Waals surface area contributed by atoms with Gasteiger partial charge in [0, 0.05) is 44.6 Å². The summed E-state index contributed by atoms with van der Waals surface area (Å²) in [7, 11) is 0. The van der Waals surface area contributed by atoms with E-state index in [-0.39, 0.29) is 24.0 Å². The lowest BCUT2D eigenvalue weighted by atomic mass is 10.1. The third-order valence-corrected chi connectivity index (χ3v) is 3.89. The van der Waals surface area contributed by atoms with Crippen molar-refractivity contribution < 1.29 is 14.3 Å². The van der Waals surface area contributed by atoms with Gasteiger partial charge >= 0.3 is 0 Å². The Balaban J connectivity index is 1.49. The highest BCUT2D eigenvalue weighted by molar-refractivity contribution is 5.90. The van der Waals surface area contributed by atoms with E-state index >= 15 is 0 Å². The average molecular weight is 290 g/mol. The quantitative estimate of drug-likeness (QED) is 0.855. The third-order valence-electron chi connectivity index (χ3n) is 3.89. The Morgan fingerprint density at radius 2 is 2.14 bits per heavy atom. The second-order valence-corrected chi connectivity index (χ2v) is 5.35. The van der Waals surface area contributed by atoms with Crippen molar-refractivity contribution in [1.29, 1.82) is 0 Å².